The van der Waals surface area contributed by atoms with Gasteiger partial charge < -0.3 is 10.1 Å². The molecule has 1 aromatic heterocycles. The molecule has 4 nitrogen and oxygen atoms in total. The van der Waals surface area contributed by atoms with Crippen LogP contribution in [-0.4, -0.2) is 17.0 Å². The highest BCUT2D eigenvalue weighted by Gasteiger charge is 2.08. The zero-order chi connectivity index (χ0) is 16.8. The van der Waals surface area contributed by atoms with E-state index in [0.717, 1.165) is 11.1 Å². The molecule has 0 aliphatic rings. The first-order valence-corrected chi connectivity index (χ1v) is 8.02. The van der Waals surface area contributed by atoms with Crippen LogP contribution in [0.4, 0.5) is 0 Å². The lowest BCUT2D eigenvalue weighted by Crippen LogP contribution is -2.24. The molecule has 0 aliphatic heterocycles. The van der Waals surface area contributed by atoms with Crippen LogP contribution in [0.5, 0.6) is 5.88 Å². The van der Waals surface area contributed by atoms with Crippen LogP contribution in [0.3, 0.4) is 0 Å². The maximum Gasteiger partial charge on any atom is 0.224 e. The SMILES string of the molecule is CC(C)Oc1ccc(CNC(=O)Cc2ccc(Cl)cc2Cl)cn1. The first-order chi connectivity index (χ1) is 10.9. The summed E-state index contributed by atoms with van der Waals surface area (Å²) in [6, 6.07) is 8.76. The zero-order valence-corrected chi connectivity index (χ0v) is 14.5. The maximum absolute atomic E-state index is 12.0. The minimum absolute atomic E-state index is 0.0807. The minimum atomic E-state index is -0.114. The van der Waals surface area contributed by atoms with Crippen molar-refractivity contribution >= 4 is 29.1 Å². The molecule has 0 saturated carbocycles. The van der Waals surface area contributed by atoms with Crippen LogP contribution in [0.25, 0.3) is 0 Å². The Balaban J connectivity index is 1.86. The van der Waals surface area contributed by atoms with Gasteiger partial charge in [-0.3, -0.25) is 4.79 Å². The fourth-order valence-corrected chi connectivity index (χ4v) is 2.40. The molecule has 0 radical (unpaired) electrons. The Morgan fingerprint density at radius 1 is 1.26 bits per heavy atom. The van der Waals surface area contributed by atoms with E-state index in [4.69, 9.17) is 27.9 Å². The van der Waals surface area contributed by atoms with Crippen LogP contribution in [0.1, 0.15) is 25.0 Å². The number of carbonyl (C=O) groups is 1. The van der Waals surface area contributed by atoms with Gasteiger partial charge in [0.05, 0.1) is 12.5 Å². The summed E-state index contributed by atoms with van der Waals surface area (Å²) in [6.45, 7) is 4.29. The number of aromatic nitrogens is 1. The summed E-state index contributed by atoms with van der Waals surface area (Å²) in [6.07, 6.45) is 1.97. The van der Waals surface area contributed by atoms with Crippen LogP contribution in [-0.2, 0) is 17.8 Å². The Morgan fingerprint density at radius 2 is 2.04 bits per heavy atom. The van der Waals surface area contributed by atoms with Gasteiger partial charge in [-0.15, -0.1) is 0 Å². The molecule has 0 bridgehead atoms. The zero-order valence-electron chi connectivity index (χ0n) is 13.0. The predicted molar refractivity (Wildman–Crippen MR) is 92.0 cm³/mol. The number of nitrogens with zero attached hydrogens (tertiary/aromatic N) is 1. The maximum atomic E-state index is 12.0. The first kappa shape index (κ1) is 17.6. The normalized spacial score (nSPS) is 10.7. The lowest BCUT2D eigenvalue weighted by atomic mass is 10.1. The van der Waals surface area contributed by atoms with Crippen molar-refractivity contribution < 1.29 is 9.53 Å². The van der Waals surface area contributed by atoms with Gasteiger partial charge in [-0.2, -0.15) is 0 Å². The van der Waals surface area contributed by atoms with Gasteiger partial charge in [0, 0.05) is 28.9 Å². The van der Waals surface area contributed by atoms with Crippen molar-refractivity contribution in [1.29, 1.82) is 0 Å². The number of benzene rings is 1. The van der Waals surface area contributed by atoms with E-state index in [-0.39, 0.29) is 18.4 Å². The van der Waals surface area contributed by atoms with Gasteiger partial charge in [-0.05, 0) is 37.1 Å². The van der Waals surface area contributed by atoms with Crippen LogP contribution >= 0.6 is 23.2 Å². The highest BCUT2D eigenvalue weighted by atomic mass is 35.5. The highest BCUT2D eigenvalue weighted by Crippen LogP contribution is 2.21. The van der Waals surface area contributed by atoms with Crippen molar-refractivity contribution in [2.45, 2.75) is 32.9 Å². The third-order valence-electron chi connectivity index (χ3n) is 3.01. The summed E-state index contributed by atoms with van der Waals surface area (Å²) < 4.78 is 5.47. The van der Waals surface area contributed by atoms with Gasteiger partial charge in [0.25, 0.3) is 0 Å². The van der Waals surface area contributed by atoms with E-state index in [1.807, 2.05) is 19.9 Å². The largest absolute Gasteiger partial charge is 0.475 e. The number of hydrogen-bond donors (Lipinski definition) is 1. The second kappa shape index (κ2) is 8.18. The fourth-order valence-electron chi connectivity index (χ4n) is 1.93. The summed E-state index contributed by atoms with van der Waals surface area (Å²) in [4.78, 5) is 16.2. The number of nitrogens with one attached hydrogen (secondary N) is 1. The molecule has 2 aromatic rings. The van der Waals surface area contributed by atoms with Crippen molar-refractivity contribution in [1.82, 2.24) is 10.3 Å². The van der Waals surface area contributed by atoms with E-state index >= 15 is 0 Å². The van der Waals surface area contributed by atoms with E-state index in [0.29, 0.717) is 22.5 Å². The van der Waals surface area contributed by atoms with Crippen LogP contribution in [0.2, 0.25) is 10.0 Å². The molecule has 23 heavy (non-hydrogen) atoms. The molecule has 0 spiro atoms. The summed E-state index contributed by atoms with van der Waals surface area (Å²) in [5, 5.41) is 3.88. The Morgan fingerprint density at radius 3 is 2.65 bits per heavy atom. The van der Waals surface area contributed by atoms with Crippen LogP contribution < -0.4 is 10.1 Å². The highest BCUT2D eigenvalue weighted by molar-refractivity contribution is 6.35. The number of amides is 1. The summed E-state index contributed by atoms with van der Waals surface area (Å²) in [5.41, 5.74) is 1.64. The summed E-state index contributed by atoms with van der Waals surface area (Å²) in [7, 11) is 0. The Labute approximate surface area is 145 Å². The monoisotopic (exact) mass is 352 g/mol. The molecule has 0 unspecified atom stereocenters. The van der Waals surface area contributed by atoms with E-state index in [1.165, 1.54) is 0 Å². The van der Waals surface area contributed by atoms with Gasteiger partial charge in [0.15, 0.2) is 0 Å². The molecule has 2 rings (SSSR count). The molecule has 122 valence electrons. The molecular weight excluding hydrogens is 335 g/mol. The van der Waals surface area contributed by atoms with Crippen LogP contribution in [0.15, 0.2) is 36.5 Å². The predicted octanol–water partition coefficient (Wildman–Crippen LogP) is 4.03. The third kappa shape index (κ3) is 5.73. The molecule has 1 heterocycles. The molecule has 1 N–H and O–H groups in total. The molecule has 0 saturated heterocycles. The quantitative estimate of drug-likeness (QED) is 0.853. The van der Waals surface area contributed by atoms with Gasteiger partial charge in [0.2, 0.25) is 11.8 Å². The summed E-state index contributed by atoms with van der Waals surface area (Å²) >= 11 is 11.9. The standard InChI is InChI=1S/C17H18Cl2N2O2/c1-11(2)23-17-6-3-12(10-21-17)9-20-16(22)7-13-4-5-14(18)8-15(13)19/h3-6,8,10-11H,7,9H2,1-2H3,(H,20,22). The Kier molecular flexibility index (Phi) is 6.25. The number of pyridine rings is 1. The second-order valence-electron chi connectivity index (χ2n) is 5.36. The lowest BCUT2D eigenvalue weighted by Gasteiger charge is -2.10. The van der Waals surface area contributed by atoms with Crippen molar-refractivity contribution in [3.8, 4) is 5.88 Å². The Bertz CT molecular complexity index is 673. The van der Waals surface area contributed by atoms with E-state index in [9.17, 15) is 4.79 Å². The van der Waals surface area contributed by atoms with Crippen molar-refractivity contribution in [3.63, 3.8) is 0 Å². The average Bonchev–Trinajstić information content (AvgIpc) is 2.49. The molecule has 6 heteroatoms. The number of carbonyl (C=O) groups excluding carboxylic acids is 1. The number of ether oxygens (including phenoxy) is 1. The molecule has 1 amide bonds. The van der Waals surface area contributed by atoms with Crippen molar-refractivity contribution in [3.05, 3.63) is 57.7 Å². The number of halogens is 2. The van der Waals surface area contributed by atoms with Gasteiger partial charge in [-0.1, -0.05) is 35.3 Å². The Hall–Kier alpha value is -1.78. The molecule has 0 atom stereocenters. The first-order valence-electron chi connectivity index (χ1n) is 7.26. The van der Waals surface area contributed by atoms with Gasteiger partial charge >= 0.3 is 0 Å². The van der Waals surface area contributed by atoms with Gasteiger partial charge in [0.1, 0.15) is 0 Å². The molecule has 0 aliphatic carbocycles. The number of hydrogen-bond acceptors (Lipinski definition) is 3. The third-order valence-corrected chi connectivity index (χ3v) is 3.60. The topological polar surface area (TPSA) is 51.2 Å². The minimum Gasteiger partial charge on any atom is -0.475 e. The smallest absolute Gasteiger partial charge is 0.224 e. The fraction of sp³-hybridized carbons (Fsp3) is 0.294. The summed E-state index contributed by atoms with van der Waals surface area (Å²) in [5.74, 6) is 0.458. The van der Waals surface area contributed by atoms with Gasteiger partial charge in [-0.25, -0.2) is 4.98 Å². The molecule has 1 aromatic carbocycles. The number of rotatable bonds is 6. The van der Waals surface area contributed by atoms with Crippen molar-refractivity contribution in [2.24, 2.45) is 0 Å². The van der Waals surface area contributed by atoms with E-state index in [2.05, 4.69) is 10.3 Å². The molecular formula is C17H18Cl2N2O2. The van der Waals surface area contributed by atoms with E-state index in [1.54, 1.807) is 30.5 Å². The van der Waals surface area contributed by atoms with Crippen LogP contribution in [0, 0.1) is 0 Å². The van der Waals surface area contributed by atoms with Crippen molar-refractivity contribution in [2.75, 3.05) is 0 Å². The average molecular weight is 353 g/mol. The van der Waals surface area contributed by atoms with E-state index < -0.39 is 0 Å². The molecule has 0 fully saturated rings. The lowest BCUT2D eigenvalue weighted by molar-refractivity contribution is -0.120. The second-order valence-corrected chi connectivity index (χ2v) is 6.20.